The number of hydrogen-bond acceptors (Lipinski definition) is 4. The summed E-state index contributed by atoms with van der Waals surface area (Å²) < 4.78 is 44.4. The van der Waals surface area contributed by atoms with Crippen LogP contribution in [-0.4, -0.2) is 15.5 Å². The van der Waals surface area contributed by atoms with Crippen molar-refractivity contribution in [2.24, 2.45) is 0 Å². The van der Waals surface area contributed by atoms with Gasteiger partial charge in [0.2, 0.25) is 11.8 Å². The maximum absolute atomic E-state index is 12.7. The van der Waals surface area contributed by atoms with Gasteiger partial charge >= 0.3 is 6.18 Å². The normalized spacial score (nSPS) is 11.4. The van der Waals surface area contributed by atoms with Gasteiger partial charge in [-0.25, -0.2) is 4.98 Å². The maximum Gasteiger partial charge on any atom is 0.421 e. The Balaban J connectivity index is 1.63. The van der Waals surface area contributed by atoms with Gasteiger partial charge in [-0.2, -0.15) is 13.2 Å². The summed E-state index contributed by atoms with van der Waals surface area (Å²) in [6.45, 7) is -0.603. The number of pyridine rings is 1. The smallest absolute Gasteiger partial charge is 0.421 e. The van der Waals surface area contributed by atoms with Gasteiger partial charge in [-0.1, -0.05) is 30.3 Å². The van der Waals surface area contributed by atoms with Crippen molar-refractivity contribution >= 4 is 5.91 Å². The summed E-state index contributed by atoms with van der Waals surface area (Å²) in [5.41, 5.74) is -1.78. The van der Waals surface area contributed by atoms with Crippen LogP contribution in [0.15, 0.2) is 64.1 Å². The highest BCUT2D eigenvalue weighted by molar-refractivity contribution is 5.75. The SMILES string of the molecule is O=C(Cn1cccc(C(F)(F)F)c1=O)NCc1ncc(-c2ccccc2)o1. The van der Waals surface area contributed by atoms with Crippen molar-refractivity contribution in [3.05, 3.63) is 76.7 Å². The lowest BCUT2D eigenvalue weighted by molar-refractivity contribution is -0.139. The van der Waals surface area contributed by atoms with Gasteiger partial charge in [0, 0.05) is 11.8 Å². The van der Waals surface area contributed by atoms with Crippen LogP contribution in [0, 0.1) is 0 Å². The third kappa shape index (κ3) is 4.43. The molecule has 2 aromatic heterocycles. The summed E-state index contributed by atoms with van der Waals surface area (Å²) in [6.07, 6.45) is -2.15. The van der Waals surface area contributed by atoms with Gasteiger partial charge < -0.3 is 14.3 Å². The van der Waals surface area contributed by atoms with Gasteiger partial charge in [0.05, 0.1) is 12.7 Å². The van der Waals surface area contributed by atoms with Crippen molar-refractivity contribution in [3.8, 4) is 11.3 Å². The summed E-state index contributed by atoms with van der Waals surface area (Å²) in [6, 6.07) is 11.0. The zero-order chi connectivity index (χ0) is 19.4. The van der Waals surface area contributed by atoms with Crippen LogP contribution in [0.5, 0.6) is 0 Å². The lowest BCUT2D eigenvalue weighted by Gasteiger charge is -2.10. The second-order valence-corrected chi connectivity index (χ2v) is 5.61. The average molecular weight is 377 g/mol. The molecule has 0 fully saturated rings. The molecule has 0 aliphatic carbocycles. The number of benzene rings is 1. The third-order valence-corrected chi connectivity index (χ3v) is 3.69. The van der Waals surface area contributed by atoms with E-state index < -0.39 is 29.8 Å². The number of rotatable bonds is 5. The molecule has 2 heterocycles. The predicted molar refractivity (Wildman–Crippen MR) is 89.5 cm³/mol. The van der Waals surface area contributed by atoms with Crippen LogP contribution in [0.25, 0.3) is 11.3 Å². The van der Waals surface area contributed by atoms with Crippen molar-refractivity contribution in [1.82, 2.24) is 14.9 Å². The first-order chi connectivity index (χ1) is 12.8. The van der Waals surface area contributed by atoms with Crippen molar-refractivity contribution < 1.29 is 22.4 Å². The highest BCUT2D eigenvalue weighted by atomic mass is 19.4. The molecule has 6 nitrogen and oxygen atoms in total. The molecular weight excluding hydrogens is 363 g/mol. The van der Waals surface area contributed by atoms with E-state index in [0.29, 0.717) is 16.4 Å². The van der Waals surface area contributed by atoms with E-state index in [4.69, 9.17) is 4.42 Å². The van der Waals surface area contributed by atoms with Crippen molar-refractivity contribution in [2.45, 2.75) is 19.3 Å². The van der Waals surface area contributed by atoms with Crippen molar-refractivity contribution in [1.29, 1.82) is 0 Å². The van der Waals surface area contributed by atoms with Gasteiger partial charge in [-0.3, -0.25) is 9.59 Å². The number of nitrogens with one attached hydrogen (secondary N) is 1. The van der Waals surface area contributed by atoms with E-state index in [2.05, 4.69) is 10.3 Å². The number of carbonyl (C=O) groups excluding carboxylic acids is 1. The first-order valence-electron chi connectivity index (χ1n) is 7.88. The number of oxazole rings is 1. The molecule has 0 saturated carbocycles. The van der Waals surface area contributed by atoms with Crippen LogP contribution in [0.3, 0.4) is 0 Å². The molecule has 3 rings (SSSR count). The maximum atomic E-state index is 12.7. The van der Waals surface area contributed by atoms with E-state index in [1.807, 2.05) is 30.3 Å². The minimum absolute atomic E-state index is 0.0562. The standard InChI is InChI=1S/C18H14F3N3O3/c19-18(20,21)13-7-4-8-24(17(13)26)11-15(25)22-10-16-23-9-14(27-16)12-5-2-1-3-6-12/h1-9H,10-11H2,(H,22,25). The minimum atomic E-state index is -4.78. The van der Waals surface area contributed by atoms with Crippen LogP contribution in [-0.2, 0) is 24.1 Å². The van der Waals surface area contributed by atoms with Gasteiger partial charge in [0.15, 0.2) is 5.76 Å². The van der Waals surface area contributed by atoms with Crippen LogP contribution in [0.2, 0.25) is 0 Å². The molecule has 140 valence electrons. The molecule has 1 aromatic carbocycles. The van der Waals surface area contributed by atoms with E-state index in [1.165, 1.54) is 6.20 Å². The van der Waals surface area contributed by atoms with Gasteiger partial charge in [-0.15, -0.1) is 0 Å². The summed E-state index contributed by atoms with van der Waals surface area (Å²) in [7, 11) is 0. The Morgan fingerprint density at radius 2 is 1.89 bits per heavy atom. The Kier molecular flexibility index (Phi) is 5.11. The second kappa shape index (κ2) is 7.48. The number of hydrogen-bond donors (Lipinski definition) is 1. The number of carbonyl (C=O) groups is 1. The second-order valence-electron chi connectivity index (χ2n) is 5.61. The fourth-order valence-electron chi connectivity index (χ4n) is 2.39. The molecule has 27 heavy (non-hydrogen) atoms. The molecule has 0 spiro atoms. The fourth-order valence-corrected chi connectivity index (χ4v) is 2.39. The molecule has 1 amide bonds. The molecule has 0 aliphatic heterocycles. The van der Waals surface area contributed by atoms with Gasteiger partial charge in [-0.05, 0) is 12.1 Å². The molecule has 0 radical (unpaired) electrons. The summed E-state index contributed by atoms with van der Waals surface area (Å²) in [5.74, 6) is 0.114. The highest BCUT2D eigenvalue weighted by Gasteiger charge is 2.34. The fraction of sp³-hybridized carbons (Fsp3) is 0.167. The Labute approximate surface area is 151 Å². The topological polar surface area (TPSA) is 77.1 Å². The molecule has 0 saturated heterocycles. The predicted octanol–water partition coefficient (Wildman–Crippen LogP) is 2.84. The Morgan fingerprint density at radius 3 is 2.59 bits per heavy atom. The van der Waals surface area contributed by atoms with E-state index in [1.54, 1.807) is 0 Å². The Bertz CT molecular complexity index is 994. The number of aromatic nitrogens is 2. The molecule has 0 unspecified atom stereocenters. The quantitative estimate of drug-likeness (QED) is 0.742. The van der Waals surface area contributed by atoms with E-state index >= 15 is 0 Å². The largest absolute Gasteiger partial charge is 0.439 e. The monoisotopic (exact) mass is 377 g/mol. The molecule has 0 aliphatic rings. The third-order valence-electron chi connectivity index (χ3n) is 3.69. The first-order valence-corrected chi connectivity index (χ1v) is 7.88. The van der Waals surface area contributed by atoms with Crippen molar-refractivity contribution in [2.75, 3.05) is 0 Å². The van der Waals surface area contributed by atoms with Crippen molar-refractivity contribution in [3.63, 3.8) is 0 Å². The average Bonchev–Trinajstić information content (AvgIpc) is 3.11. The van der Waals surface area contributed by atoms with E-state index in [9.17, 15) is 22.8 Å². The number of alkyl halides is 3. The van der Waals surface area contributed by atoms with Gasteiger partial charge in [0.1, 0.15) is 12.1 Å². The number of nitrogens with zero attached hydrogens (tertiary/aromatic N) is 2. The lowest BCUT2D eigenvalue weighted by atomic mass is 10.2. The molecule has 1 N–H and O–H groups in total. The van der Waals surface area contributed by atoms with E-state index in [0.717, 1.165) is 17.8 Å². The molecule has 0 atom stereocenters. The molecular formula is C18H14F3N3O3. The van der Waals surface area contributed by atoms with E-state index in [-0.39, 0.29) is 12.4 Å². The summed E-state index contributed by atoms with van der Waals surface area (Å²) >= 11 is 0. The minimum Gasteiger partial charge on any atom is -0.439 e. The van der Waals surface area contributed by atoms with Crippen LogP contribution in [0.1, 0.15) is 11.5 Å². The van der Waals surface area contributed by atoms with Gasteiger partial charge in [0.25, 0.3) is 5.56 Å². The Hall–Kier alpha value is -3.36. The number of halogens is 3. The highest BCUT2D eigenvalue weighted by Crippen LogP contribution is 2.26. The lowest BCUT2D eigenvalue weighted by Crippen LogP contribution is -2.34. The number of amides is 1. The van der Waals surface area contributed by atoms with Crippen LogP contribution >= 0.6 is 0 Å². The summed E-state index contributed by atoms with van der Waals surface area (Å²) in [4.78, 5) is 27.8. The van der Waals surface area contributed by atoms with Crippen LogP contribution < -0.4 is 10.9 Å². The first kappa shape index (κ1) is 18.4. The Morgan fingerprint density at radius 1 is 1.15 bits per heavy atom. The zero-order valence-corrected chi connectivity index (χ0v) is 13.9. The molecule has 0 bridgehead atoms. The summed E-state index contributed by atoms with van der Waals surface area (Å²) in [5, 5.41) is 2.46. The molecule has 3 aromatic rings. The molecule has 9 heteroatoms. The van der Waals surface area contributed by atoms with Crippen LogP contribution in [0.4, 0.5) is 13.2 Å². The zero-order valence-electron chi connectivity index (χ0n) is 13.9.